The second-order valence-corrected chi connectivity index (χ2v) is 11.8. The lowest BCUT2D eigenvalue weighted by Gasteiger charge is -2.33. The fourth-order valence-corrected chi connectivity index (χ4v) is 5.58. The minimum Gasteiger partial charge on any atom is -0.493 e. The Bertz CT molecular complexity index is 1430. The third-order valence-corrected chi connectivity index (χ3v) is 7.50. The van der Waals surface area contributed by atoms with E-state index in [2.05, 4.69) is 27.3 Å². The van der Waals surface area contributed by atoms with Gasteiger partial charge in [-0.05, 0) is 51.8 Å². The summed E-state index contributed by atoms with van der Waals surface area (Å²) in [6.07, 6.45) is 8.81. The molecule has 1 aliphatic carbocycles. The van der Waals surface area contributed by atoms with Crippen LogP contribution in [0.25, 0.3) is 22.4 Å². The summed E-state index contributed by atoms with van der Waals surface area (Å²) in [4.78, 5) is 23.6. The van der Waals surface area contributed by atoms with Crippen LogP contribution in [0.3, 0.4) is 0 Å². The van der Waals surface area contributed by atoms with Gasteiger partial charge in [-0.3, -0.25) is 9.35 Å². The van der Waals surface area contributed by atoms with E-state index >= 15 is 0 Å². The number of fused-ring (bicyclic) bond motifs is 1. The minimum atomic E-state index is -3.67. The van der Waals surface area contributed by atoms with Crippen molar-refractivity contribution in [3.8, 4) is 17.1 Å². The van der Waals surface area contributed by atoms with Gasteiger partial charge in [0.1, 0.15) is 17.0 Å². The molecule has 3 N–H and O–H groups in total. The maximum atomic E-state index is 13.3. The topological polar surface area (TPSA) is 142 Å². The lowest BCUT2D eigenvalue weighted by molar-refractivity contribution is 0.341. The molecule has 39 heavy (non-hydrogen) atoms. The first kappa shape index (κ1) is 29.0. The van der Waals surface area contributed by atoms with Gasteiger partial charge in [-0.15, -0.1) is 0 Å². The Hall–Kier alpha value is -2.96. The van der Waals surface area contributed by atoms with Crippen molar-refractivity contribution in [3.05, 3.63) is 34.2 Å². The molecule has 3 aromatic rings. The van der Waals surface area contributed by atoms with Crippen LogP contribution in [0, 0.1) is 0 Å². The van der Waals surface area contributed by atoms with Crippen LogP contribution in [0.5, 0.6) is 5.75 Å². The third-order valence-electron chi connectivity index (χ3n) is 7.50. The number of hydrogen-bond donors (Lipinski definition) is 3. The molecule has 1 saturated heterocycles. The highest BCUT2D eigenvalue weighted by atomic mass is 32.2. The molecule has 0 bridgehead atoms. The van der Waals surface area contributed by atoms with Crippen molar-refractivity contribution < 1.29 is 17.7 Å². The first-order chi connectivity index (χ1) is 18.6. The van der Waals surface area contributed by atoms with Crippen LogP contribution in [-0.2, 0) is 17.2 Å². The minimum absolute atomic E-state index is 0.116. The monoisotopic (exact) mass is 560 g/mol. The van der Waals surface area contributed by atoms with Gasteiger partial charge >= 0.3 is 0 Å². The summed E-state index contributed by atoms with van der Waals surface area (Å²) in [7, 11) is 0.249. The Kier molecular flexibility index (Phi) is 9.29. The number of aromatic amines is 1. The Morgan fingerprint density at radius 2 is 1.82 bits per heavy atom. The van der Waals surface area contributed by atoms with Crippen LogP contribution < -0.4 is 20.5 Å². The van der Waals surface area contributed by atoms with E-state index in [1.807, 2.05) is 27.1 Å². The predicted octanol–water partition coefficient (Wildman–Crippen LogP) is 3.46. The fourth-order valence-electron chi connectivity index (χ4n) is 5.58. The average Bonchev–Trinajstić information content (AvgIpc) is 3.25. The molecule has 1 aromatic carbocycles. The van der Waals surface area contributed by atoms with Crippen LogP contribution in [-0.4, -0.2) is 71.8 Å². The number of rotatable bonds is 6. The molecule has 0 atom stereocenters. The van der Waals surface area contributed by atoms with Gasteiger partial charge in [-0.2, -0.15) is 13.5 Å². The zero-order valence-corrected chi connectivity index (χ0v) is 24.1. The lowest BCUT2D eigenvalue weighted by atomic mass is 9.86. The summed E-state index contributed by atoms with van der Waals surface area (Å²) < 4.78 is 33.7. The summed E-state index contributed by atoms with van der Waals surface area (Å²) >= 11 is 0. The van der Waals surface area contributed by atoms with Crippen LogP contribution in [0.1, 0.15) is 63.5 Å². The molecule has 0 amide bonds. The first-order valence-corrected chi connectivity index (χ1v) is 15.5. The van der Waals surface area contributed by atoms with Crippen LogP contribution >= 0.6 is 0 Å². The predicted molar refractivity (Wildman–Crippen MR) is 153 cm³/mol. The van der Waals surface area contributed by atoms with Crippen molar-refractivity contribution in [2.75, 3.05) is 37.9 Å². The number of piperidine rings is 1. The Balaban J connectivity index is 0.000000648. The molecule has 2 aromatic heterocycles. The molecule has 0 unspecified atom stereocenters. The van der Waals surface area contributed by atoms with Crippen molar-refractivity contribution in [1.29, 1.82) is 0 Å². The second kappa shape index (κ2) is 12.5. The fraction of sp³-hybridized carbons (Fsp3) is 0.593. The SMILES string of the molecule is CCOc1cc(N2CCC(NC)CC2)ccc1-c1nc2c(c(C3CCCCC3)nn2C)c(=O)[nH]1.CS(=O)(=O)O. The second-order valence-electron chi connectivity index (χ2n) is 10.4. The van der Waals surface area contributed by atoms with E-state index in [0.29, 0.717) is 41.7 Å². The maximum absolute atomic E-state index is 13.3. The van der Waals surface area contributed by atoms with Gasteiger partial charge in [0.25, 0.3) is 15.7 Å². The molecule has 0 radical (unpaired) electrons. The summed E-state index contributed by atoms with van der Waals surface area (Å²) in [6.45, 7) is 4.54. The number of nitrogens with one attached hydrogen (secondary N) is 2. The quantitative estimate of drug-likeness (QED) is 0.386. The average molecular weight is 561 g/mol. The first-order valence-electron chi connectivity index (χ1n) is 13.7. The molecule has 11 nitrogen and oxygen atoms in total. The summed E-state index contributed by atoms with van der Waals surface area (Å²) in [5.41, 5.74) is 3.37. The zero-order chi connectivity index (χ0) is 28.2. The highest BCUT2D eigenvalue weighted by molar-refractivity contribution is 7.85. The molecular formula is C27H40N6O5S. The molecule has 3 heterocycles. The Morgan fingerprint density at radius 1 is 1.15 bits per heavy atom. The molecule has 2 aliphatic rings. The van der Waals surface area contributed by atoms with E-state index in [-0.39, 0.29) is 5.56 Å². The lowest BCUT2D eigenvalue weighted by Crippen LogP contribution is -2.41. The van der Waals surface area contributed by atoms with Crippen molar-refractivity contribution >= 4 is 26.8 Å². The van der Waals surface area contributed by atoms with E-state index in [1.165, 1.54) is 19.3 Å². The summed E-state index contributed by atoms with van der Waals surface area (Å²) in [5, 5.41) is 8.77. The normalized spacial score (nSPS) is 17.2. The van der Waals surface area contributed by atoms with Gasteiger partial charge in [0.2, 0.25) is 0 Å². The molecule has 1 saturated carbocycles. The van der Waals surface area contributed by atoms with E-state index < -0.39 is 10.1 Å². The largest absolute Gasteiger partial charge is 0.493 e. The third kappa shape index (κ3) is 7.17. The van der Waals surface area contributed by atoms with Gasteiger partial charge in [0.05, 0.1) is 24.1 Å². The van der Waals surface area contributed by atoms with Crippen molar-refractivity contribution in [2.24, 2.45) is 7.05 Å². The van der Waals surface area contributed by atoms with Gasteiger partial charge in [0, 0.05) is 43.9 Å². The molecule has 5 rings (SSSR count). The highest BCUT2D eigenvalue weighted by Gasteiger charge is 2.25. The number of ether oxygens (including phenoxy) is 1. The van der Waals surface area contributed by atoms with Crippen molar-refractivity contribution in [3.63, 3.8) is 0 Å². The number of H-pyrrole nitrogens is 1. The number of benzene rings is 1. The Morgan fingerprint density at radius 3 is 2.44 bits per heavy atom. The van der Waals surface area contributed by atoms with E-state index in [1.54, 1.807) is 4.68 Å². The zero-order valence-electron chi connectivity index (χ0n) is 23.2. The number of anilines is 1. The molecule has 2 fully saturated rings. The molecular weight excluding hydrogens is 520 g/mol. The molecule has 1 aliphatic heterocycles. The molecule has 214 valence electrons. The number of nitrogens with zero attached hydrogens (tertiary/aromatic N) is 4. The highest BCUT2D eigenvalue weighted by Crippen LogP contribution is 2.36. The van der Waals surface area contributed by atoms with Gasteiger partial charge in [-0.1, -0.05) is 19.3 Å². The number of aromatic nitrogens is 4. The Labute approximate surface area is 229 Å². The van der Waals surface area contributed by atoms with E-state index in [4.69, 9.17) is 19.4 Å². The standard InChI is InChI=1S/C26H36N6O2.CH4O3S/c1-4-34-21-16-19(32-14-12-18(27-2)13-15-32)10-11-20(21)24-28-25-22(26(33)29-24)23(30-31(25)3)17-8-6-5-7-9-17;1-5(2,3)4/h10-11,16-18,27H,4-9,12-15H2,1-3H3,(H,28,29,33);1H3,(H,2,3,4). The molecule has 0 spiro atoms. The van der Waals surface area contributed by atoms with Gasteiger partial charge < -0.3 is 19.9 Å². The van der Waals surface area contributed by atoms with Crippen LogP contribution in [0.2, 0.25) is 0 Å². The van der Waals surface area contributed by atoms with Crippen molar-refractivity contribution in [1.82, 2.24) is 25.1 Å². The summed E-state index contributed by atoms with van der Waals surface area (Å²) in [6, 6.07) is 6.80. The van der Waals surface area contributed by atoms with Gasteiger partial charge in [0.15, 0.2) is 5.65 Å². The number of hydrogen-bond acceptors (Lipinski definition) is 8. The van der Waals surface area contributed by atoms with Crippen LogP contribution in [0.4, 0.5) is 5.69 Å². The van der Waals surface area contributed by atoms with Crippen molar-refractivity contribution in [2.45, 2.75) is 63.8 Å². The smallest absolute Gasteiger partial charge is 0.262 e. The summed E-state index contributed by atoms with van der Waals surface area (Å²) in [5.74, 6) is 1.61. The number of aryl methyl sites for hydroxylation is 1. The van der Waals surface area contributed by atoms with Crippen LogP contribution in [0.15, 0.2) is 23.0 Å². The van der Waals surface area contributed by atoms with E-state index in [0.717, 1.165) is 61.5 Å². The molecule has 12 heteroatoms. The van der Waals surface area contributed by atoms with Gasteiger partial charge in [-0.25, -0.2) is 9.67 Å². The maximum Gasteiger partial charge on any atom is 0.262 e. The van der Waals surface area contributed by atoms with E-state index in [9.17, 15) is 13.2 Å².